The first-order valence-electron chi connectivity index (χ1n) is 10.4. The van der Waals surface area contributed by atoms with Crippen molar-refractivity contribution in [1.82, 2.24) is 19.3 Å². The number of nitrogens with zero attached hydrogens (tertiary/aromatic N) is 5. The normalized spacial score (nSPS) is 15.1. The number of rotatable bonds is 6. The Balaban J connectivity index is 1.31. The van der Waals surface area contributed by atoms with Gasteiger partial charge in [-0.25, -0.2) is 23.4 Å². The maximum absolute atomic E-state index is 12.8. The van der Waals surface area contributed by atoms with Crippen LogP contribution in [0.3, 0.4) is 0 Å². The van der Waals surface area contributed by atoms with Crippen LogP contribution in [0.25, 0.3) is 10.9 Å². The molecule has 5 rings (SSSR count). The number of piperazine rings is 1. The first-order valence-corrected chi connectivity index (χ1v) is 13.1. The van der Waals surface area contributed by atoms with E-state index in [1.807, 2.05) is 30.3 Å². The number of sulfonamides is 1. The fourth-order valence-electron chi connectivity index (χ4n) is 3.77. The fraction of sp³-hybridized carbons (Fsp3) is 0.227. The molecule has 0 aliphatic carbocycles. The second-order valence-corrected chi connectivity index (χ2v) is 11.0. The van der Waals surface area contributed by atoms with Crippen LogP contribution in [0.5, 0.6) is 0 Å². The molecule has 3 aromatic heterocycles. The summed E-state index contributed by atoms with van der Waals surface area (Å²) in [5, 5.41) is 6.52. The summed E-state index contributed by atoms with van der Waals surface area (Å²) >= 11 is 7.47. The standard InChI is InChI=1S/C22H21ClN6O2S2/c23-18-5-2-1-4-16(18)14-25-22-26-15-17-19(27-22)7-8-24-21(17)28-9-11-29(12-10-28)33(30,31)20-6-3-13-32-20/h1-8,13,15H,9-12,14H2,(H,25,26,27). The summed E-state index contributed by atoms with van der Waals surface area (Å²) in [5.74, 6) is 1.27. The average molecular weight is 501 g/mol. The first kappa shape index (κ1) is 22.0. The van der Waals surface area contributed by atoms with E-state index in [0.717, 1.165) is 22.3 Å². The van der Waals surface area contributed by atoms with Gasteiger partial charge in [-0.3, -0.25) is 0 Å². The summed E-state index contributed by atoms with van der Waals surface area (Å²) in [6.07, 6.45) is 3.48. The Morgan fingerprint density at radius 1 is 1.03 bits per heavy atom. The number of benzene rings is 1. The average Bonchev–Trinajstić information content (AvgIpc) is 3.39. The van der Waals surface area contributed by atoms with Crippen LogP contribution in [-0.4, -0.2) is 53.9 Å². The molecular weight excluding hydrogens is 480 g/mol. The smallest absolute Gasteiger partial charge is 0.252 e. The molecule has 1 saturated heterocycles. The third-order valence-electron chi connectivity index (χ3n) is 5.51. The van der Waals surface area contributed by atoms with Crippen molar-refractivity contribution in [1.29, 1.82) is 0 Å². The minimum absolute atomic E-state index is 0.379. The largest absolute Gasteiger partial charge is 0.353 e. The van der Waals surface area contributed by atoms with E-state index in [9.17, 15) is 8.42 Å². The van der Waals surface area contributed by atoms with E-state index >= 15 is 0 Å². The molecule has 1 aromatic carbocycles. The number of thiophene rings is 1. The highest BCUT2D eigenvalue weighted by atomic mass is 35.5. The summed E-state index contributed by atoms with van der Waals surface area (Å²) in [4.78, 5) is 15.7. The minimum Gasteiger partial charge on any atom is -0.353 e. The van der Waals surface area contributed by atoms with E-state index < -0.39 is 10.0 Å². The second-order valence-electron chi connectivity index (χ2n) is 7.53. The van der Waals surface area contributed by atoms with E-state index in [1.165, 1.54) is 15.6 Å². The van der Waals surface area contributed by atoms with Crippen molar-refractivity contribution in [3.63, 3.8) is 0 Å². The first-order chi connectivity index (χ1) is 16.0. The summed E-state index contributed by atoms with van der Waals surface area (Å²) in [6, 6.07) is 12.9. The van der Waals surface area contributed by atoms with Crippen molar-refractivity contribution in [2.45, 2.75) is 10.8 Å². The number of hydrogen-bond donors (Lipinski definition) is 1. The molecule has 0 unspecified atom stereocenters. The molecule has 8 nitrogen and oxygen atoms in total. The molecule has 0 bridgehead atoms. The fourth-order valence-corrected chi connectivity index (χ4v) is 6.54. The summed E-state index contributed by atoms with van der Waals surface area (Å²) < 4.78 is 27.5. The molecule has 1 fully saturated rings. The number of anilines is 2. The van der Waals surface area contributed by atoms with Gasteiger partial charge in [0.25, 0.3) is 10.0 Å². The number of halogens is 1. The zero-order valence-electron chi connectivity index (χ0n) is 17.6. The van der Waals surface area contributed by atoms with Gasteiger partial charge in [0.05, 0.1) is 10.9 Å². The predicted octanol–water partition coefficient (Wildman–Crippen LogP) is 3.86. The Kier molecular flexibility index (Phi) is 6.15. The maximum atomic E-state index is 12.8. The van der Waals surface area contributed by atoms with Crippen LogP contribution < -0.4 is 10.2 Å². The lowest BCUT2D eigenvalue weighted by Crippen LogP contribution is -2.48. The Labute approximate surface area is 200 Å². The van der Waals surface area contributed by atoms with Crippen molar-refractivity contribution in [3.05, 3.63) is 70.8 Å². The van der Waals surface area contributed by atoms with Gasteiger partial charge in [-0.15, -0.1) is 11.3 Å². The minimum atomic E-state index is -3.44. The van der Waals surface area contributed by atoms with Crippen molar-refractivity contribution in [2.75, 3.05) is 36.4 Å². The van der Waals surface area contributed by atoms with Crippen LogP contribution >= 0.6 is 22.9 Å². The van der Waals surface area contributed by atoms with E-state index in [1.54, 1.807) is 29.9 Å². The molecule has 170 valence electrons. The molecule has 11 heteroatoms. The Morgan fingerprint density at radius 3 is 2.61 bits per heavy atom. The quantitative estimate of drug-likeness (QED) is 0.429. The zero-order chi connectivity index (χ0) is 22.8. The topological polar surface area (TPSA) is 91.3 Å². The molecule has 0 spiro atoms. The van der Waals surface area contributed by atoms with Gasteiger partial charge in [-0.2, -0.15) is 4.31 Å². The van der Waals surface area contributed by atoms with Gasteiger partial charge in [0.2, 0.25) is 5.95 Å². The molecule has 1 aliphatic rings. The number of hydrogen-bond acceptors (Lipinski definition) is 8. The molecule has 4 aromatic rings. The van der Waals surface area contributed by atoms with Crippen molar-refractivity contribution >= 4 is 55.6 Å². The van der Waals surface area contributed by atoms with Gasteiger partial charge in [-0.1, -0.05) is 35.9 Å². The molecule has 1 N–H and O–H groups in total. The lowest BCUT2D eigenvalue weighted by atomic mass is 10.2. The van der Waals surface area contributed by atoms with Crippen LogP contribution in [0.2, 0.25) is 5.02 Å². The maximum Gasteiger partial charge on any atom is 0.252 e. The molecule has 1 aliphatic heterocycles. The summed E-state index contributed by atoms with van der Waals surface area (Å²) in [6.45, 7) is 2.41. The number of aromatic nitrogens is 3. The van der Waals surface area contributed by atoms with Crippen molar-refractivity contribution < 1.29 is 8.42 Å². The molecule has 33 heavy (non-hydrogen) atoms. The monoisotopic (exact) mass is 500 g/mol. The molecular formula is C22H21ClN6O2S2. The van der Waals surface area contributed by atoms with Gasteiger partial charge in [0, 0.05) is 50.1 Å². The molecule has 0 amide bonds. The van der Waals surface area contributed by atoms with Gasteiger partial charge in [0.15, 0.2) is 0 Å². The van der Waals surface area contributed by atoms with Crippen molar-refractivity contribution in [2.24, 2.45) is 0 Å². The van der Waals surface area contributed by atoms with E-state index in [2.05, 4.69) is 25.2 Å². The number of pyridine rings is 1. The zero-order valence-corrected chi connectivity index (χ0v) is 19.9. The lowest BCUT2D eigenvalue weighted by molar-refractivity contribution is 0.385. The lowest BCUT2D eigenvalue weighted by Gasteiger charge is -2.34. The Morgan fingerprint density at radius 2 is 1.85 bits per heavy atom. The summed E-state index contributed by atoms with van der Waals surface area (Å²) in [5.41, 5.74) is 1.74. The van der Waals surface area contributed by atoms with Crippen LogP contribution in [0.4, 0.5) is 11.8 Å². The van der Waals surface area contributed by atoms with Crippen LogP contribution in [0.1, 0.15) is 5.56 Å². The van der Waals surface area contributed by atoms with Gasteiger partial charge >= 0.3 is 0 Å². The Bertz CT molecular complexity index is 1370. The van der Waals surface area contributed by atoms with Gasteiger partial charge < -0.3 is 10.2 Å². The van der Waals surface area contributed by atoms with Crippen LogP contribution in [0, 0.1) is 0 Å². The van der Waals surface area contributed by atoms with Crippen LogP contribution in [0.15, 0.2) is 64.4 Å². The van der Waals surface area contributed by atoms with E-state index in [0.29, 0.717) is 47.9 Å². The molecule has 4 heterocycles. The highest BCUT2D eigenvalue weighted by Crippen LogP contribution is 2.27. The highest BCUT2D eigenvalue weighted by molar-refractivity contribution is 7.91. The van der Waals surface area contributed by atoms with Crippen LogP contribution in [-0.2, 0) is 16.6 Å². The SMILES string of the molecule is O=S(=O)(c1cccs1)N1CCN(c2nccc3nc(NCc4ccccc4Cl)ncc23)CC1. The number of fused-ring (bicyclic) bond motifs is 1. The molecule has 0 radical (unpaired) electrons. The third-order valence-corrected chi connectivity index (χ3v) is 9.15. The van der Waals surface area contributed by atoms with Gasteiger partial charge in [0.1, 0.15) is 10.0 Å². The van der Waals surface area contributed by atoms with Crippen molar-refractivity contribution in [3.8, 4) is 0 Å². The number of nitrogens with one attached hydrogen (secondary N) is 1. The van der Waals surface area contributed by atoms with Gasteiger partial charge in [-0.05, 0) is 29.1 Å². The predicted molar refractivity (Wildman–Crippen MR) is 131 cm³/mol. The second kappa shape index (κ2) is 9.22. The highest BCUT2D eigenvalue weighted by Gasteiger charge is 2.30. The third kappa shape index (κ3) is 4.51. The molecule has 0 atom stereocenters. The molecule has 0 saturated carbocycles. The summed E-state index contributed by atoms with van der Waals surface area (Å²) in [7, 11) is -3.44. The van der Waals surface area contributed by atoms with E-state index in [4.69, 9.17) is 11.6 Å². The Hall–Kier alpha value is -2.79. The van der Waals surface area contributed by atoms with E-state index in [-0.39, 0.29) is 0 Å².